The van der Waals surface area contributed by atoms with E-state index in [1.807, 2.05) is 18.7 Å². The topological polar surface area (TPSA) is 80.2 Å². The molecule has 4 heterocycles. The number of nitrogens with zero attached hydrogens (tertiary/aromatic N) is 4. The molecule has 2 aromatic rings. The highest BCUT2D eigenvalue weighted by molar-refractivity contribution is 5.96. The Labute approximate surface area is 171 Å². The molecule has 2 saturated heterocycles. The molecule has 2 fully saturated rings. The van der Waals surface area contributed by atoms with Gasteiger partial charge in [-0.05, 0) is 45.2 Å². The molecule has 2 aliphatic heterocycles. The second-order valence-corrected chi connectivity index (χ2v) is 7.51. The average Bonchev–Trinajstić information content (AvgIpc) is 3.26. The number of halogens is 3. The maximum Gasteiger partial charge on any atom is 0.434 e. The molecule has 2 aliphatic rings. The zero-order chi connectivity index (χ0) is 21.5. The summed E-state index contributed by atoms with van der Waals surface area (Å²) in [6.45, 7) is 4.09. The van der Waals surface area contributed by atoms with Gasteiger partial charge in [-0.25, -0.2) is 15.0 Å². The van der Waals surface area contributed by atoms with Crippen molar-refractivity contribution in [1.82, 2.24) is 19.9 Å². The number of carbonyl (C=O) groups is 1. The molecule has 1 N–H and O–H groups in total. The Bertz CT molecular complexity index is 935. The molecule has 160 valence electrons. The van der Waals surface area contributed by atoms with Gasteiger partial charge in [0.1, 0.15) is 5.82 Å². The van der Waals surface area contributed by atoms with E-state index in [1.165, 1.54) is 0 Å². The van der Waals surface area contributed by atoms with Crippen LogP contribution in [0.2, 0.25) is 0 Å². The minimum Gasteiger partial charge on any atom is -0.491 e. The molecule has 30 heavy (non-hydrogen) atoms. The number of anilines is 1. The summed E-state index contributed by atoms with van der Waals surface area (Å²) < 4.78 is 43.6. The zero-order valence-corrected chi connectivity index (χ0v) is 16.6. The molecule has 4 rings (SSSR count). The molecule has 2 aromatic heterocycles. The van der Waals surface area contributed by atoms with Gasteiger partial charge in [-0.3, -0.25) is 4.79 Å². The third kappa shape index (κ3) is 3.78. The van der Waals surface area contributed by atoms with Gasteiger partial charge >= 0.3 is 6.18 Å². The summed E-state index contributed by atoms with van der Waals surface area (Å²) in [4.78, 5) is 26.8. The van der Waals surface area contributed by atoms with Crippen molar-refractivity contribution in [3.63, 3.8) is 0 Å². The molecule has 0 aliphatic carbocycles. The number of alkyl halides is 3. The summed E-state index contributed by atoms with van der Waals surface area (Å²) >= 11 is 0. The molecule has 2 bridgehead atoms. The highest BCUT2D eigenvalue weighted by Crippen LogP contribution is 2.40. The number of nitrogens with one attached hydrogen (secondary N) is 1. The lowest BCUT2D eigenvalue weighted by Crippen LogP contribution is -2.40. The van der Waals surface area contributed by atoms with Crippen molar-refractivity contribution in [3.05, 3.63) is 41.6 Å². The van der Waals surface area contributed by atoms with E-state index in [9.17, 15) is 18.0 Å². The first kappa shape index (κ1) is 20.4. The van der Waals surface area contributed by atoms with Crippen LogP contribution in [0.4, 0.5) is 19.0 Å². The predicted octanol–water partition coefficient (Wildman–Crippen LogP) is 3.46. The van der Waals surface area contributed by atoms with Crippen LogP contribution in [-0.4, -0.2) is 50.5 Å². The third-order valence-electron chi connectivity index (χ3n) is 5.55. The van der Waals surface area contributed by atoms with E-state index in [4.69, 9.17) is 4.74 Å². The highest BCUT2D eigenvalue weighted by Gasteiger charge is 2.49. The number of aryl methyl sites for hydroxylation is 1. The summed E-state index contributed by atoms with van der Waals surface area (Å²) in [6.07, 6.45) is -0.365. The number of fused-ring (bicyclic) bond motifs is 2. The van der Waals surface area contributed by atoms with Crippen LogP contribution in [0, 0.1) is 6.92 Å². The van der Waals surface area contributed by atoms with Crippen LogP contribution in [0.1, 0.15) is 48.1 Å². The Morgan fingerprint density at radius 2 is 2.07 bits per heavy atom. The van der Waals surface area contributed by atoms with E-state index in [0.717, 1.165) is 24.7 Å². The quantitative estimate of drug-likeness (QED) is 0.797. The summed E-state index contributed by atoms with van der Waals surface area (Å²) in [5.41, 5.74) is -0.0152. The molecule has 3 unspecified atom stereocenters. The van der Waals surface area contributed by atoms with E-state index in [1.54, 1.807) is 12.1 Å². The van der Waals surface area contributed by atoms with Gasteiger partial charge in [0.15, 0.2) is 17.1 Å². The predicted molar refractivity (Wildman–Crippen MR) is 102 cm³/mol. The lowest BCUT2D eigenvalue weighted by Gasteiger charge is -2.25. The van der Waals surface area contributed by atoms with Crippen LogP contribution in [0.15, 0.2) is 24.5 Å². The van der Waals surface area contributed by atoms with Gasteiger partial charge < -0.3 is 15.0 Å². The molecule has 3 atom stereocenters. The third-order valence-corrected chi connectivity index (χ3v) is 5.55. The number of ether oxygens (including phenoxy) is 1. The van der Waals surface area contributed by atoms with E-state index < -0.39 is 11.9 Å². The second kappa shape index (κ2) is 7.73. The van der Waals surface area contributed by atoms with Crippen LogP contribution in [0.3, 0.4) is 0 Å². The Hall–Kier alpha value is -2.91. The number of pyridine rings is 1. The fourth-order valence-corrected chi connectivity index (χ4v) is 4.29. The number of rotatable bonds is 5. The van der Waals surface area contributed by atoms with Crippen LogP contribution < -0.4 is 10.1 Å². The van der Waals surface area contributed by atoms with E-state index >= 15 is 0 Å². The normalized spacial score (nSPS) is 23.0. The largest absolute Gasteiger partial charge is 0.491 e. The molecular weight excluding hydrogens is 399 g/mol. The summed E-state index contributed by atoms with van der Waals surface area (Å²) in [5, 5.41) is 3.15. The molecule has 7 nitrogen and oxygen atoms in total. The first-order chi connectivity index (χ1) is 14.3. The number of hydrogen-bond acceptors (Lipinski definition) is 6. The van der Waals surface area contributed by atoms with E-state index in [-0.39, 0.29) is 29.9 Å². The monoisotopic (exact) mass is 421 g/mol. The van der Waals surface area contributed by atoms with Gasteiger partial charge in [-0.15, -0.1) is 0 Å². The Morgan fingerprint density at radius 3 is 2.73 bits per heavy atom. The van der Waals surface area contributed by atoms with Crippen LogP contribution >= 0.6 is 0 Å². The lowest BCUT2D eigenvalue weighted by molar-refractivity contribution is -0.141. The summed E-state index contributed by atoms with van der Waals surface area (Å²) in [5.74, 6) is 0.534. The first-order valence-electron chi connectivity index (χ1n) is 9.86. The van der Waals surface area contributed by atoms with Crippen molar-refractivity contribution in [2.45, 2.75) is 57.4 Å². The van der Waals surface area contributed by atoms with Gasteiger partial charge in [-0.2, -0.15) is 13.2 Å². The molecule has 10 heteroatoms. The van der Waals surface area contributed by atoms with Crippen LogP contribution in [0.25, 0.3) is 0 Å². The fraction of sp³-hybridized carbons (Fsp3) is 0.500. The van der Waals surface area contributed by atoms with Gasteiger partial charge in [0.2, 0.25) is 0 Å². The highest BCUT2D eigenvalue weighted by atomic mass is 19.4. The van der Waals surface area contributed by atoms with Crippen molar-refractivity contribution in [2.24, 2.45) is 0 Å². The van der Waals surface area contributed by atoms with Crippen LogP contribution in [0.5, 0.6) is 5.75 Å². The number of hydrogen-bond donors (Lipinski definition) is 1. The molecule has 0 aromatic carbocycles. The fourth-order valence-electron chi connectivity index (χ4n) is 4.29. The zero-order valence-electron chi connectivity index (χ0n) is 16.6. The summed E-state index contributed by atoms with van der Waals surface area (Å²) in [7, 11) is 0. The average molecular weight is 421 g/mol. The van der Waals surface area contributed by atoms with Crippen molar-refractivity contribution < 1.29 is 22.7 Å². The molecule has 0 radical (unpaired) electrons. The lowest BCUT2D eigenvalue weighted by atomic mass is 9.95. The molecule has 1 amide bonds. The smallest absolute Gasteiger partial charge is 0.434 e. The first-order valence-corrected chi connectivity index (χ1v) is 9.86. The standard InChI is InChI=1S/C20H22F3N5O2/c1-3-30-15-7-4-11(2)26-18(15)19(29)28-12-5-6-14(28)13(8-12)27-17-10-24-16(9-25-17)20(21,22)23/h4,7,9-10,12-14H,3,5-6,8H2,1-2H3,(H,25,27). The van der Waals surface area contributed by atoms with Crippen molar-refractivity contribution in [1.29, 1.82) is 0 Å². The maximum absolute atomic E-state index is 13.3. The summed E-state index contributed by atoms with van der Waals surface area (Å²) in [6, 6.07) is 3.39. The Morgan fingerprint density at radius 1 is 1.27 bits per heavy atom. The number of carbonyl (C=O) groups excluding carboxylic acids is 1. The Balaban J connectivity index is 1.52. The Kier molecular flexibility index (Phi) is 5.25. The van der Waals surface area contributed by atoms with Gasteiger partial charge in [0.25, 0.3) is 5.91 Å². The number of amides is 1. The number of aromatic nitrogens is 3. The van der Waals surface area contributed by atoms with Gasteiger partial charge in [0.05, 0.1) is 31.1 Å². The molecular formula is C20H22F3N5O2. The van der Waals surface area contributed by atoms with Gasteiger partial charge in [0, 0.05) is 11.7 Å². The van der Waals surface area contributed by atoms with E-state index in [0.29, 0.717) is 30.7 Å². The second-order valence-electron chi connectivity index (χ2n) is 7.51. The molecule has 0 spiro atoms. The maximum atomic E-state index is 13.3. The van der Waals surface area contributed by atoms with Crippen molar-refractivity contribution >= 4 is 11.7 Å². The minimum absolute atomic E-state index is 0.0409. The van der Waals surface area contributed by atoms with Crippen molar-refractivity contribution in [3.8, 4) is 5.75 Å². The SMILES string of the molecule is CCOc1ccc(C)nc1C(=O)N1C2CCC1C(Nc1cnc(C(F)(F)F)cn1)C2. The van der Waals surface area contributed by atoms with Crippen LogP contribution in [-0.2, 0) is 6.18 Å². The minimum atomic E-state index is -4.53. The van der Waals surface area contributed by atoms with E-state index in [2.05, 4.69) is 20.3 Å². The van der Waals surface area contributed by atoms with Crippen molar-refractivity contribution in [2.75, 3.05) is 11.9 Å². The molecule has 0 saturated carbocycles. The van der Waals surface area contributed by atoms with Gasteiger partial charge in [-0.1, -0.05) is 0 Å².